The monoisotopic (exact) mass is 313 g/mol. The summed E-state index contributed by atoms with van der Waals surface area (Å²) in [4.78, 5) is 24.8. The van der Waals surface area contributed by atoms with E-state index in [4.69, 9.17) is 9.63 Å². The van der Waals surface area contributed by atoms with Crippen molar-refractivity contribution in [2.45, 2.75) is 25.8 Å². The minimum absolute atomic E-state index is 0.0369. The van der Waals surface area contributed by atoms with Crippen molar-refractivity contribution in [2.75, 3.05) is 29.9 Å². The van der Waals surface area contributed by atoms with Gasteiger partial charge in [-0.2, -0.15) is 11.8 Å². The van der Waals surface area contributed by atoms with E-state index >= 15 is 0 Å². The van der Waals surface area contributed by atoms with Crippen LogP contribution in [0.25, 0.3) is 0 Å². The zero-order chi connectivity index (χ0) is 15.4. The molecule has 2 rings (SSSR count). The molecule has 1 amide bonds. The topological polar surface area (TPSA) is 95.7 Å². The summed E-state index contributed by atoms with van der Waals surface area (Å²) in [5.41, 5.74) is 0.767. The van der Waals surface area contributed by atoms with Gasteiger partial charge in [-0.1, -0.05) is 19.0 Å². The smallest absolute Gasteiger partial charge is 0.321 e. The fourth-order valence-electron chi connectivity index (χ4n) is 2.04. The standard InChI is InChI=1S/C13H19N3O4S/c1-8(2)9-5-12(20-15-9)14-11(17)6-16-3-4-21-7-10(16)13(18)19/h5,8,10H,3-4,6-7H2,1-2H3,(H,14,17)(H,18,19). The summed E-state index contributed by atoms with van der Waals surface area (Å²) in [7, 11) is 0. The molecule has 0 spiro atoms. The fraction of sp³-hybridized carbons (Fsp3) is 0.615. The molecule has 0 aromatic carbocycles. The van der Waals surface area contributed by atoms with Gasteiger partial charge in [0.05, 0.1) is 12.2 Å². The number of rotatable bonds is 5. The predicted octanol–water partition coefficient (Wildman–Crippen LogP) is 1.24. The second kappa shape index (κ2) is 6.95. The molecule has 7 nitrogen and oxygen atoms in total. The molecule has 116 valence electrons. The van der Waals surface area contributed by atoms with E-state index in [1.54, 1.807) is 22.7 Å². The van der Waals surface area contributed by atoms with Crippen LogP contribution in [0.2, 0.25) is 0 Å². The summed E-state index contributed by atoms with van der Waals surface area (Å²) < 4.78 is 5.04. The van der Waals surface area contributed by atoms with Gasteiger partial charge in [-0.3, -0.25) is 19.8 Å². The summed E-state index contributed by atoms with van der Waals surface area (Å²) in [6.07, 6.45) is 0. The number of nitrogens with zero attached hydrogens (tertiary/aromatic N) is 2. The molecule has 8 heteroatoms. The van der Waals surface area contributed by atoms with Crippen molar-refractivity contribution in [3.05, 3.63) is 11.8 Å². The Morgan fingerprint density at radius 3 is 3.00 bits per heavy atom. The Bertz CT molecular complexity index is 517. The molecule has 2 N–H and O–H groups in total. The minimum Gasteiger partial charge on any atom is -0.480 e. The van der Waals surface area contributed by atoms with Crippen molar-refractivity contribution in [1.82, 2.24) is 10.1 Å². The van der Waals surface area contributed by atoms with Crippen molar-refractivity contribution in [2.24, 2.45) is 0 Å². The Kier molecular flexibility index (Phi) is 5.24. The number of nitrogens with one attached hydrogen (secondary N) is 1. The molecule has 21 heavy (non-hydrogen) atoms. The van der Waals surface area contributed by atoms with Crippen molar-refractivity contribution in [3.8, 4) is 0 Å². The number of hydrogen-bond donors (Lipinski definition) is 2. The molecule has 1 aliphatic rings. The molecule has 0 saturated carbocycles. The molecule has 1 aromatic rings. The van der Waals surface area contributed by atoms with E-state index in [0.717, 1.165) is 11.4 Å². The third-order valence-corrected chi connectivity index (χ3v) is 4.28. The van der Waals surface area contributed by atoms with Gasteiger partial charge in [0, 0.05) is 24.1 Å². The van der Waals surface area contributed by atoms with Crippen molar-refractivity contribution in [1.29, 1.82) is 0 Å². The Hall–Kier alpha value is -1.54. The molecule has 1 aromatic heterocycles. The average molecular weight is 313 g/mol. The van der Waals surface area contributed by atoms with Crippen LogP contribution >= 0.6 is 11.8 Å². The number of aliphatic carboxylic acids is 1. The molecule has 2 heterocycles. The lowest BCUT2D eigenvalue weighted by molar-refractivity contribution is -0.142. The van der Waals surface area contributed by atoms with Gasteiger partial charge in [0.15, 0.2) is 0 Å². The Morgan fingerprint density at radius 1 is 1.62 bits per heavy atom. The number of carbonyl (C=O) groups is 2. The third kappa shape index (κ3) is 4.21. The highest BCUT2D eigenvalue weighted by Crippen LogP contribution is 2.19. The lowest BCUT2D eigenvalue weighted by atomic mass is 10.1. The van der Waals surface area contributed by atoms with Gasteiger partial charge in [-0.25, -0.2) is 0 Å². The van der Waals surface area contributed by atoms with Crippen LogP contribution < -0.4 is 5.32 Å². The summed E-state index contributed by atoms with van der Waals surface area (Å²) in [5.74, 6) is 0.660. The zero-order valence-corrected chi connectivity index (χ0v) is 12.9. The maximum atomic E-state index is 12.0. The van der Waals surface area contributed by atoms with Crippen LogP contribution in [-0.4, -0.2) is 57.7 Å². The molecule has 1 aliphatic heterocycles. The molecular formula is C13H19N3O4S. The first-order valence-corrected chi connectivity index (χ1v) is 7.94. The lowest BCUT2D eigenvalue weighted by Crippen LogP contribution is -2.50. The first-order valence-electron chi connectivity index (χ1n) is 6.78. The second-order valence-electron chi connectivity index (χ2n) is 5.22. The van der Waals surface area contributed by atoms with E-state index in [2.05, 4.69) is 10.5 Å². The van der Waals surface area contributed by atoms with Crippen LogP contribution in [-0.2, 0) is 9.59 Å². The number of hydrogen-bond acceptors (Lipinski definition) is 6. The quantitative estimate of drug-likeness (QED) is 0.844. The van der Waals surface area contributed by atoms with E-state index in [0.29, 0.717) is 18.2 Å². The van der Waals surface area contributed by atoms with Gasteiger partial charge in [0.25, 0.3) is 0 Å². The Balaban J connectivity index is 1.92. The maximum absolute atomic E-state index is 12.0. The number of carboxylic acid groups (broad SMARTS) is 1. The number of amides is 1. The van der Waals surface area contributed by atoms with Crippen molar-refractivity contribution in [3.63, 3.8) is 0 Å². The maximum Gasteiger partial charge on any atom is 0.321 e. The Labute approximate surface area is 127 Å². The van der Waals surface area contributed by atoms with Crippen molar-refractivity contribution >= 4 is 29.5 Å². The summed E-state index contributed by atoms with van der Waals surface area (Å²) in [5, 5.41) is 15.6. The lowest BCUT2D eigenvalue weighted by Gasteiger charge is -2.31. The summed E-state index contributed by atoms with van der Waals surface area (Å²) in [6.45, 7) is 4.58. The van der Waals surface area contributed by atoms with E-state index in [9.17, 15) is 9.59 Å². The molecule has 1 fully saturated rings. The normalized spacial score (nSPS) is 19.7. The van der Waals surface area contributed by atoms with Crippen LogP contribution in [0.1, 0.15) is 25.5 Å². The summed E-state index contributed by atoms with van der Waals surface area (Å²) in [6, 6.07) is 1.07. The van der Waals surface area contributed by atoms with E-state index in [1.165, 1.54) is 0 Å². The van der Waals surface area contributed by atoms with Gasteiger partial charge in [-0.05, 0) is 5.92 Å². The second-order valence-corrected chi connectivity index (χ2v) is 6.37. The molecule has 1 atom stereocenters. The van der Waals surface area contributed by atoms with Crippen LogP contribution in [0.3, 0.4) is 0 Å². The highest BCUT2D eigenvalue weighted by molar-refractivity contribution is 7.99. The van der Waals surface area contributed by atoms with E-state index < -0.39 is 12.0 Å². The van der Waals surface area contributed by atoms with Crippen LogP contribution in [0.15, 0.2) is 10.6 Å². The van der Waals surface area contributed by atoms with Crippen LogP contribution in [0.5, 0.6) is 0 Å². The highest BCUT2D eigenvalue weighted by Gasteiger charge is 2.30. The van der Waals surface area contributed by atoms with Crippen LogP contribution in [0.4, 0.5) is 5.88 Å². The molecular weight excluding hydrogens is 294 g/mol. The number of anilines is 1. The minimum atomic E-state index is -0.892. The Morgan fingerprint density at radius 2 is 2.38 bits per heavy atom. The largest absolute Gasteiger partial charge is 0.480 e. The van der Waals surface area contributed by atoms with Crippen LogP contribution in [0, 0.1) is 0 Å². The fourth-order valence-corrected chi connectivity index (χ4v) is 3.14. The number of thioether (sulfide) groups is 1. The SMILES string of the molecule is CC(C)c1cc(NC(=O)CN2CCSCC2C(=O)O)on1. The molecule has 0 bridgehead atoms. The van der Waals surface area contributed by atoms with E-state index in [1.807, 2.05) is 13.8 Å². The first kappa shape index (κ1) is 15.8. The van der Waals surface area contributed by atoms with Gasteiger partial charge in [0.1, 0.15) is 6.04 Å². The zero-order valence-electron chi connectivity index (χ0n) is 12.0. The molecule has 0 radical (unpaired) electrons. The van der Waals surface area contributed by atoms with E-state index in [-0.39, 0.29) is 18.4 Å². The van der Waals surface area contributed by atoms with Crippen molar-refractivity contribution < 1.29 is 19.2 Å². The van der Waals surface area contributed by atoms with Gasteiger partial charge < -0.3 is 9.63 Å². The first-order chi connectivity index (χ1) is 9.97. The average Bonchev–Trinajstić information content (AvgIpc) is 2.87. The number of carboxylic acids is 1. The highest BCUT2D eigenvalue weighted by atomic mass is 32.2. The van der Waals surface area contributed by atoms with Gasteiger partial charge in [-0.15, -0.1) is 0 Å². The third-order valence-electron chi connectivity index (χ3n) is 3.25. The number of carbonyl (C=O) groups excluding carboxylic acids is 1. The summed E-state index contributed by atoms with van der Waals surface area (Å²) >= 11 is 1.59. The predicted molar refractivity (Wildman–Crippen MR) is 79.5 cm³/mol. The van der Waals surface area contributed by atoms with Gasteiger partial charge in [0.2, 0.25) is 11.8 Å². The molecule has 0 aliphatic carbocycles. The number of aromatic nitrogens is 1. The molecule has 1 unspecified atom stereocenters. The van der Waals surface area contributed by atoms with Gasteiger partial charge >= 0.3 is 5.97 Å². The molecule has 1 saturated heterocycles.